The third kappa shape index (κ3) is 7.44. The van der Waals surface area contributed by atoms with E-state index < -0.39 is 39.9 Å². The number of hydrogen-bond acceptors (Lipinski definition) is 5. The smallest absolute Gasteiger partial charge is 1.00 e. The normalized spacial score (nSPS) is 12.9. The molecule has 4 rings (SSSR count). The monoisotopic (exact) mass is 596 g/mol. The van der Waals surface area contributed by atoms with Gasteiger partial charge in [0.1, 0.15) is 12.4 Å². The third-order valence-electron chi connectivity index (χ3n) is 5.96. The van der Waals surface area contributed by atoms with Crippen LogP contribution in [0.15, 0.2) is 53.4 Å². The number of fused-ring (bicyclic) bond motifs is 1. The molecule has 6 nitrogen and oxygen atoms in total. The summed E-state index contributed by atoms with van der Waals surface area (Å²) < 4.78 is 75.8. The van der Waals surface area contributed by atoms with Crippen LogP contribution in [-0.4, -0.2) is 26.1 Å². The molecule has 0 aromatic heterocycles. The van der Waals surface area contributed by atoms with E-state index in [9.17, 15) is 26.4 Å². The minimum absolute atomic E-state index is 0. The van der Waals surface area contributed by atoms with E-state index in [2.05, 4.69) is 0 Å². The van der Waals surface area contributed by atoms with Gasteiger partial charge < -0.3 is 16.0 Å². The van der Waals surface area contributed by atoms with E-state index in [4.69, 9.17) is 37.8 Å². The first kappa shape index (κ1) is 31.2. The summed E-state index contributed by atoms with van der Waals surface area (Å²) in [4.78, 5) is 11.0. The van der Waals surface area contributed by atoms with Gasteiger partial charge in [0, 0.05) is 0 Å². The Morgan fingerprint density at radius 3 is 2.15 bits per heavy atom. The molecule has 0 bridgehead atoms. The molecule has 1 aliphatic carbocycles. The first-order chi connectivity index (χ1) is 17.8. The van der Waals surface area contributed by atoms with E-state index in [1.54, 1.807) is 0 Å². The molecule has 3 aromatic carbocycles. The number of carbonyl (C=O) groups is 1. The second-order valence-corrected chi connectivity index (χ2v) is 11.5. The molecule has 0 atom stereocenters. The van der Waals surface area contributed by atoms with Crippen LogP contribution in [0.4, 0.5) is 13.2 Å². The Morgan fingerprint density at radius 1 is 0.949 bits per heavy atom. The van der Waals surface area contributed by atoms with Gasteiger partial charge in [-0.3, -0.25) is 0 Å². The third-order valence-corrected chi connectivity index (χ3v) is 8.29. The van der Waals surface area contributed by atoms with Crippen LogP contribution in [-0.2, 0) is 46.0 Å². The van der Waals surface area contributed by atoms with Crippen LogP contribution >= 0.6 is 23.2 Å². The Hall–Kier alpha value is -2.35. The minimum Gasteiger partial charge on any atom is -1.00 e. The van der Waals surface area contributed by atoms with Gasteiger partial charge >= 0.3 is 31.0 Å². The molecule has 0 heterocycles. The maximum atomic E-state index is 13.3. The van der Waals surface area contributed by atoms with Crippen molar-refractivity contribution in [3.8, 4) is 11.5 Å². The number of carboxylic acids is 1. The summed E-state index contributed by atoms with van der Waals surface area (Å²) in [5, 5.41) is 8.98. The van der Waals surface area contributed by atoms with Crippen molar-refractivity contribution in [1.82, 2.24) is 0 Å². The van der Waals surface area contributed by atoms with Crippen LogP contribution in [0.2, 0.25) is 10.0 Å². The number of aliphatic carboxylic acids is 1. The van der Waals surface area contributed by atoms with Crippen molar-refractivity contribution in [2.75, 3.05) is 6.61 Å². The van der Waals surface area contributed by atoms with E-state index >= 15 is 0 Å². The molecule has 0 fully saturated rings. The zero-order valence-corrected chi connectivity index (χ0v) is 23.0. The molecular weight excluding hydrogens is 575 g/mol. The number of carboxylic acid groups (broad SMARTS) is 1. The maximum Gasteiger partial charge on any atom is 1.00 e. The summed E-state index contributed by atoms with van der Waals surface area (Å²) in [6.45, 7) is -0.625. The molecule has 1 N–H and O–H groups in total. The fourth-order valence-corrected chi connectivity index (χ4v) is 6.56. The molecule has 0 radical (unpaired) electrons. The Morgan fingerprint density at radius 2 is 1.56 bits per heavy atom. The van der Waals surface area contributed by atoms with Crippen molar-refractivity contribution >= 4 is 39.0 Å². The maximum absolute atomic E-state index is 13.3. The fourth-order valence-electron chi connectivity index (χ4n) is 4.28. The van der Waals surface area contributed by atoms with Crippen LogP contribution in [0.3, 0.4) is 0 Å². The standard InChI is InChI=1S/C26H21Cl2F3O6S.Li.H/c27-20-10-16(11-21(28)25(20)37-12-15-4-6-17(7-5-15)26(29,30)31)14-38(34,35)23-9-8-22(36-13-24(32)33)18-2-1-3-19(18)23;;/h4-11H,1-3,12-14H2,(H,32,33);;/q;+1;-1. The zero-order valence-electron chi connectivity index (χ0n) is 21.6. The first-order valence-electron chi connectivity index (χ1n) is 11.3. The molecule has 39 heavy (non-hydrogen) atoms. The van der Waals surface area contributed by atoms with Gasteiger partial charge in [-0.05, 0) is 77.9 Å². The van der Waals surface area contributed by atoms with E-state index in [1.807, 2.05) is 0 Å². The zero-order chi connectivity index (χ0) is 27.7. The molecule has 3 aromatic rings. The van der Waals surface area contributed by atoms with Gasteiger partial charge in [-0.15, -0.1) is 0 Å². The van der Waals surface area contributed by atoms with E-state index in [-0.39, 0.29) is 47.6 Å². The largest absolute Gasteiger partial charge is 1.00 e. The second-order valence-electron chi connectivity index (χ2n) is 8.69. The van der Waals surface area contributed by atoms with Crippen molar-refractivity contribution in [3.63, 3.8) is 0 Å². The summed E-state index contributed by atoms with van der Waals surface area (Å²) >= 11 is 12.6. The van der Waals surface area contributed by atoms with Gasteiger partial charge in [0.05, 0.1) is 26.3 Å². The molecular formula is C26H22Cl2F3LiO6S. The summed E-state index contributed by atoms with van der Waals surface area (Å²) in [6, 6.07) is 10.2. The SMILES string of the molecule is O=C(O)COc1ccc(S(=O)(=O)Cc2cc(Cl)c(OCc3ccc(C(F)(F)F)cc3)c(Cl)c2)c2c1CCC2.[H-].[Li+]. The molecule has 0 saturated carbocycles. The molecule has 0 unspecified atom stereocenters. The summed E-state index contributed by atoms with van der Waals surface area (Å²) in [5.41, 5.74) is 1.30. The second kappa shape index (κ2) is 12.4. The van der Waals surface area contributed by atoms with Crippen LogP contribution in [0.1, 0.15) is 35.7 Å². The Bertz CT molecular complexity index is 1460. The minimum atomic E-state index is -4.45. The van der Waals surface area contributed by atoms with Crippen molar-refractivity contribution in [2.45, 2.75) is 42.7 Å². The van der Waals surface area contributed by atoms with Gasteiger partial charge in [0.15, 0.2) is 22.2 Å². The van der Waals surface area contributed by atoms with E-state index in [0.29, 0.717) is 47.3 Å². The van der Waals surface area contributed by atoms with Crippen molar-refractivity contribution in [3.05, 3.63) is 86.4 Å². The van der Waals surface area contributed by atoms with E-state index in [0.717, 1.165) is 12.1 Å². The van der Waals surface area contributed by atoms with Gasteiger partial charge in [0.2, 0.25) is 0 Å². The molecule has 1 aliphatic rings. The molecule has 204 valence electrons. The van der Waals surface area contributed by atoms with Crippen LogP contribution in [0, 0.1) is 0 Å². The number of hydrogen-bond donors (Lipinski definition) is 1. The number of alkyl halides is 3. The predicted octanol–water partition coefficient (Wildman–Crippen LogP) is 3.63. The number of rotatable bonds is 9. The molecule has 0 aliphatic heterocycles. The van der Waals surface area contributed by atoms with Gasteiger partial charge in [-0.1, -0.05) is 35.3 Å². The predicted molar refractivity (Wildman–Crippen MR) is 136 cm³/mol. The number of benzene rings is 3. The van der Waals surface area contributed by atoms with Gasteiger partial charge in [-0.2, -0.15) is 13.2 Å². The molecule has 0 amide bonds. The van der Waals surface area contributed by atoms with E-state index in [1.165, 1.54) is 36.4 Å². The Balaban J connectivity index is 0.00000280. The number of sulfone groups is 1. The molecule has 0 spiro atoms. The van der Waals surface area contributed by atoms with Crippen molar-refractivity contribution in [2.24, 2.45) is 0 Å². The average Bonchev–Trinajstić information content (AvgIpc) is 3.31. The van der Waals surface area contributed by atoms with Crippen LogP contribution in [0.5, 0.6) is 11.5 Å². The summed E-state index contributed by atoms with van der Waals surface area (Å²) in [6.07, 6.45) is -2.63. The summed E-state index contributed by atoms with van der Waals surface area (Å²) in [5.74, 6) is -1.09. The number of halogens is 5. The van der Waals surface area contributed by atoms with Gasteiger partial charge in [0.25, 0.3) is 0 Å². The Labute approximate surface area is 246 Å². The Kier molecular flexibility index (Phi) is 9.95. The van der Waals surface area contributed by atoms with Gasteiger partial charge in [-0.25, -0.2) is 13.2 Å². The quantitative estimate of drug-likeness (QED) is 0.379. The first-order valence-corrected chi connectivity index (χ1v) is 13.7. The fraction of sp³-hybridized carbons (Fsp3) is 0.269. The van der Waals surface area contributed by atoms with Crippen molar-refractivity contribution in [1.29, 1.82) is 0 Å². The van der Waals surface area contributed by atoms with Crippen LogP contribution < -0.4 is 28.3 Å². The van der Waals surface area contributed by atoms with Crippen LogP contribution in [0.25, 0.3) is 0 Å². The summed E-state index contributed by atoms with van der Waals surface area (Å²) in [7, 11) is -3.83. The topological polar surface area (TPSA) is 89.9 Å². The number of ether oxygens (including phenoxy) is 2. The van der Waals surface area contributed by atoms with Crippen molar-refractivity contribution < 1.29 is 61.3 Å². The molecule has 13 heteroatoms. The molecule has 0 saturated heterocycles. The average molecular weight is 597 g/mol.